The Labute approximate surface area is 119 Å². The average molecular weight is 276 g/mol. The molecule has 0 aromatic carbocycles. The third kappa shape index (κ3) is 1.69. The lowest BCUT2D eigenvalue weighted by molar-refractivity contribution is -0.133. The minimum absolute atomic E-state index is 0.212. The molecule has 1 spiro atoms. The number of nitrogens with one attached hydrogen (secondary N) is 2. The van der Waals surface area contributed by atoms with Gasteiger partial charge in [-0.25, -0.2) is 4.98 Å². The van der Waals surface area contributed by atoms with E-state index in [1.807, 2.05) is 6.92 Å². The van der Waals surface area contributed by atoms with Crippen LogP contribution in [0.3, 0.4) is 0 Å². The van der Waals surface area contributed by atoms with Gasteiger partial charge in [0.2, 0.25) is 0 Å². The number of aromatic amines is 1. The fourth-order valence-electron chi connectivity index (χ4n) is 4.84. The van der Waals surface area contributed by atoms with Gasteiger partial charge in [-0.15, -0.1) is 0 Å². The molecule has 2 aliphatic carbocycles. The molecule has 1 aliphatic heterocycles. The summed E-state index contributed by atoms with van der Waals surface area (Å²) < 4.78 is 6.03. The highest BCUT2D eigenvalue weighted by atomic mass is 16.5. The lowest BCUT2D eigenvalue weighted by Crippen LogP contribution is -2.67. The van der Waals surface area contributed by atoms with Crippen molar-refractivity contribution in [2.75, 3.05) is 6.61 Å². The number of ether oxygens (including phenoxy) is 1. The summed E-state index contributed by atoms with van der Waals surface area (Å²) >= 11 is 0. The minimum atomic E-state index is 0.212. The maximum atomic E-state index is 6.03. The minimum Gasteiger partial charge on any atom is -0.377 e. The molecule has 5 nitrogen and oxygen atoms in total. The first-order valence-corrected chi connectivity index (χ1v) is 7.97. The molecule has 20 heavy (non-hydrogen) atoms. The third-order valence-corrected chi connectivity index (χ3v) is 5.72. The van der Waals surface area contributed by atoms with E-state index < -0.39 is 0 Å². The smallest absolute Gasteiger partial charge is 0.167 e. The molecule has 5 heteroatoms. The van der Waals surface area contributed by atoms with Crippen LogP contribution in [0.2, 0.25) is 0 Å². The maximum absolute atomic E-state index is 6.03. The number of hydrogen-bond acceptors (Lipinski definition) is 4. The summed E-state index contributed by atoms with van der Waals surface area (Å²) in [7, 11) is 0. The van der Waals surface area contributed by atoms with Gasteiger partial charge in [-0.05, 0) is 33.1 Å². The molecule has 4 atom stereocenters. The monoisotopic (exact) mass is 276 g/mol. The Bertz CT molecular complexity index is 494. The Morgan fingerprint density at radius 3 is 2.90 bits per heavy atom. The van der Waals surface area contributed by atoms with Crippen molar-refractivity contribution in [2.24, 2.45) is 11.3 Å². The van der Waals surface area contributed by atoms with E-state index in [4.69, 9.17) is 4.74 Å². The number of H-pyrrole nitrogens is 1. The van der Waals surface area contributed by atoms with Gasteiger partial charge >= 0.3 is 0 Å². The summed E-state index contributed by atoms with van der Waals surface area (Å²) in [5.41, 5.74) is 0.404. The van der Waals surface area contributed by atoms with Crippen LogP contribution in [0.4, 0.5) is 0 Å². The highest BCUT2D eigenvalue weighted by Gasteiger charge is 2.64. The van der Waals surface area contributed by atoms with E-state index in [9.17, 15) is 0 Å². The molecule has 0 bridgehead atoms. The molecule has 0 radical (unpaired) electrons. The van der Waals surface area contributed by atoms with E-state index in [0.717, 1.165) is 18.3 Å². The van der Waals surface area contributed by atoms with Crippen molar-refractivity contribution in [3.63, 3.8) is 0 Å². The second kappa shape index (κ2) is 4.53. The van der Waals surface area contributed by atoms with Crippen LogP contribution in [0.1, 0.15) is 56.7 Å². The van der Waals surface area contributed by atoms with Crippen molar-refractivity contribution >= 4 is 0 Å². The zero-order valence-electron chi connectivity index (χ0n) is 12.4. The molecule has 4 rings (SSSR count). The van der Waals surface area contributed by atoms with Crippen LogP contribution >= 0.6 is 0 Å². The van der Waals surface area contributed by atoms with Crippen molar-refractivity contribution in [1.29, 1.82) is 0 Å². The molecular formula is C15H24N4O. The fraction of sp³-hybridized carbons (Fsp3) is 0.867. The zero-order valence-corrected chi connectivity index (χ0v) is 12.4. The zero-order chi connectivity index (χ0) is 13.7. The van der Waals surface area contributed by atoms with Crippen molar-refractivity contribution < 1.29 is 4.74 Å². The molecule has 1 aromatic heterocycles. The molecular weight excluding hydrogens is 252 g/mol. The lowest BCUT2D eigenvalue weighted by Gasteiger charge is -2.57. The van der Waals surface area contributed by atoms with E-state index >= 15 is 0 Å². The van der Waals surface area contributed by atoms with Gasteiger partial charge < -0.3 is 10.1 Å². The first-order chi connectivity index (χ1) is 9.71. The quantitative estimate of drug-likeness (QED) is 0.887. The lowest BCUT2D eigenvalue weighted by atomic mass is 9.54. The third-order valence-electron chi connectivity index (χ3n) is 5.72. The van der Waals surface area contributed by atoms with Crippen LogP contribution in [-0.4, -0.2) is 33.9 Å². The highest BCUT2D eigenvalue weighted by Crippen LogP contribution is 2.60. The van der Waals surface area contributed by atoms with Crippen LogP contribution in [0, 0.1) is 18.3 Å². The van der Waals surface area contributed by atoms with E-state index in [2.05, 4.69) is 27.4 Å². The van der Waals surface area contributed by atoms with Gasteiger partial charge in [0.1, 0.15) is 5.82 Å². The van der Waals surface area contributed by atoms with Gasteiger partial charge in [0.25, 0.3) is 0 Å². The van der Waals surface area contributed by atoms with Gasteiger partial charge in [-0.2, -0.15) is 5.10 Å². The summed E-state index contributed by atoms with van der Waals surface area (Å²) in [5.74, 6) is 2.48. The first-order valence-electron chi connectivity index (χ1n) is 7.97. The second-order valence-electron chi connectivity index (χ2n) is 6.83. The topological polar surface area (TPSA) is 62.8 Å². The van der Waals surface area contributed by atoms with Crippen LogP contribution in [-0.2, 0) is 4.74 Å². The molecule has 2 heterocycles. The van der Waals surface area contributed by atoms with Crippen molar-refractivity contribution in [2.45, 2.75) is 64.1 Å². The maximum Gasteiger partial charge on any atom is 0.167 e. The van der Waals surface area contributed by atoms with Gasteiger partial charge in [-0.1, -0.05) is 12.8 Å². The Balaban J connectivity index is 1.52. The van der Waals surface area contributed by atoms with E-state index in [1.54, 1.807) is 0 Å². The summed E-state index contributed by atoms with van der Waals surface area (Å²) in [5, 5.41) is 11.1. The Hall–Kier alpha value is -0.940. The summed E-state index contributed by atoms with van der Waals surface area (Å²) in [6.45, 7) is 5.07. The standard InChI is InChI=1S/C15H24N4O/c1-9(14-17-10(2)18-19-14)16-12-11-5-8-20-13(11)15(12)6-3-4-7-15/h9,11-13,16H,3-8H2,1-2H3,(H,17,18,19)/t9?,11-,12?,13-/m0/s1. The molecule has 2 N–H and O–H groups in total. The summed E-state index contributed by atoms with van der Waals surface area (Å²) in [6, 6.07) is 0.801. The van der Waals surface area contributed by atoms with E-state index in [-0.39, 0.29) is 6.04 Å². The van der Waals surface area contributed by atoms with Gasteiger partial charge in [-0.3, -0.25) is 5.10 Å². The fourth-order valence-corrected chi connectivity index (χ4v) is 4.84. The summed E-state index contributed by atoms with van der Waals surface area (Å²) in [6.07, 6.45) is 7.10. The van der Waals surface area contributed by atoms with Gasteiger partial charge in [0, 0.05) is 24.0 Å². The summed E-state index contributed by atoms with van der Waals surface area (Å²) in [4.78, 5) is 4.46. The predicted molar refractivity (Wildman–Crippen MR) is 75.2 cm³/mol. The number of hydrogen-bond donors (Lipinski definition) is 2. The Morgan fingerprint density at radius 1 is 1.40 bits per heavy atom. The Morgan fingerprint density at radius 2 is 2.20 bits per heavy atom. The highest BCUT2D eigenvalue weighted by molar-refractivity contribution is 5.17. The van der Waals surface area contributed by atoms with Crippen molar-refractivity contribution in [3.8, 4) is 0 Å². The number of nitrogens with zero attached hydrogens (tertiary/aromatic N) is 2. The van der Waals surface area contributed by atoms with Gasteiger partial charge in [0.15, 0.2) is 5.82 Å². The first kappa shape index (κ1) is 12.8. The van der Waals surface area contributed by atoms with Gasteiger partial charge in [0.05, 0.1) is 12.1 Å². The Kier molecular flexibility index (Phi) is 2.89. The predicted octanol–water partition coefficient (Wildman–Crippen LogP) is 2.11. The number of aromatic nitrogens is 3. The van der Waals surface area contributed by atoms with Crippen LogP contribution in [0.5, 0.6) is 0 Å². The molecule has 3 fully saturated rings. The SMILES string of the molecule is Cc1nc(C(C)NC2[C@@H]3CCO[C@@H]3C23CCCC3)n[nH]1. The molecule has 2 unspecified atom stereocenters. The normalized spacial score (nSPS) is 36.0. The molecule has 2 saturated carbocycles. The molecule has 1 saturated heterocycles. The molecule has 0 amide bonds. The van der Waals surface area contributed by atoms with E-state index in [1.165, 1.54) is 32.1 Å². The number of aryl methyl sites for hydroxylation is 1. The largest absolute Gasteiger partial charge is 0.377 e. The second-order valence-corrected chi connectivity index (χ2v) is 6.83. The molecule has 1 aromatic rings. The van der Waals surface area contributed by atoms with Crippen LogP contribution in [0.15, 0.2) is 0 Å². The number of rotatable bonds is 3. The van der Waals surface area contributed by atoms with Crippen LogP contribution in [0.25, 0.3) is 0 Å². The van der Waals surface area contributed by atoms with Crippen LogP contribution < -0.4 is 5.32 Å². The molecule has 110 valence electrons. The van der Waals surface area contributed by atoms with E-state index in [0.29, 0.717) is 23.5 Å². The molecule has 3 aliphatic rings. The average Bonchev–Trinajstić information content (AvgIpc) is 3.14. The van der Waals surface area contributed by atoms with Crippen molar-refractivity contribution in [1.82, 2.24) is 20.5 Å². The number of fused-ring (bicyclic) bond motifs is 2. The van der Waals surface area contributed by atoms with Crippen molar-refractivity contribution in [3.05, 3.63) is 11.6 Å².